The van der Waals surface area contributed by atoms with E-state index in [0.29, 0.717) is 6.61 Å². The van der Waals surface area contributed by atoms with E-state index in [-0.39, 0.29) is 25.4 Å². The molecule has 5 heteroatoms. The first kappa shape index (κ1) is 18.5. The maximum absolute atomic E-state index is 6.26. The van der Waals surface area contributed by atoms with Gasteiger partial charge in [-0.25, -0.2) is 0 Å². The fourth-order valence-corrected chi connectivity index (χ4v) is 3.69. The van der Waals surface area contributed by atoms with Gasteiger partial charge in [-0.2, -0.15) is 0 Å². The van der Waals surface area contributed by atoms with Crippen molar-refractivity contribution in [3.63, 3.8) is 0 Å². The van der Waals surface area contributed by atoms with Gasteiger partial charge in [-0.05, 0) is 42.4 Å². The van der Waals surface area contributed by atoms with Crippen LogP contribution in [0.1, 0.15) is 44.3 Å². The van der Waals surface area contributed by atoms with Gasteiger partial charge in [-0.3, -0.25) is 0 Å². The van der Waals surface area contributed by atoms with E-state index in [4.69, 9.17) is 18.8 Å². The second-order valence-electron chi connectivity index (χ2n) is 7.26. The molecular formula is C22H27BO4. The van der Waals surface area contributed by atoms with Crippen molar-refractivity contribution in [2.45, 2.75) is 50.9 Å². The standard InChI is InChI=1S/C22H27BO4/c1-2-3-15-24-19-11-9-18(10-12-19)23-25-16-22-21(27-23)14-13-20(26-22)17-7-5-4-6-8-17/h4-12,20-22H,2-3,13-16H2,1H3/t20-,21+,22-/m1/s1. The average molecular weight is 366 g/mol. The summed E-state index contributed by atoms with van der Waals surface area (Å²) < 4.78 is 24.2. The summed E-state index contributed by atoms with van der Waals surface area (Å²) in [5, 5.41) is 0. The first-order valence-electron chi connectivity index (χ1n) is 10.0. The van der Waals surface area contributed by atoms with Crippen molar-refractivity contribution in [1.29, 1.82) is 0 Å². The zero-order valence-electron chi connectivity index (χ0n) is 15.9. The molecule has 2 aliphatic heterocycles. The lowest BCUT2D eigenvalue weighted by atomic mass is 9.76. The molecular weight excluding hydrogens is 339 g/mol. The highest BCUT2D eigenvalue weighted by Gasteiger charge is 2.41. The smallest absolute Gasteiger partial charge is 0.494 e. The summed E-state index contributed by atoms with van der Waals surface area (Å²) in [6.07, 6.45) is 4.39. The van der Waals surface area contributed by atoms with Gasteiger partial charge in [0, 0.05) is 0 Å². The van der Waals surface area contributed by atoms with Crippen LogP contribution in [0.4, 0.5) is 0 Å². The van der Waals surface area contributed by atoms with E-state index in [1.807, 2.05) is 30.3 Å². The Hall–Kier alpha value is -1.82. The molecule has 0 unspecified atom stereocenters. The van der Waals surface area contributed by atoms with Crippen molar-refractivity contribution >= 4 is 12.6 Å². The maximum Gasteiger partial charge on any atom is 0.494 e. The van der Waals surface area contributed by atoms with Crippen molar-refractivity contribution in [2.75, 3.05) is 13.2 Å². The molecule has 2 aliphatic rings. The van der Waals surface area contributed by atoms with Crippen LogP contribution in [-0.4, -0.2) is 32.5 Å². The largest absolute Gasteiger partial charge is 0.494 e. The Morgan fingerprint density at radius 2 is 1.81 bits per heavy atom. The maximum atomic E-state index is 6.26. The predicted molar refractivity (Wildman–Crippen MR) is 106 cm³/mol. The second kappa shape index (κ2) is 8.92. The zero-order valence-corrected chi connectivity index (χ0v) is 15.9. The van der Waals surface area contributed by atoms with Crippen LogP contribution < -0.4 is 10.2 Å². The predicted octanol–water partition coefficient (Wildman–Crippen LogP) is 3.90. The normalized spacial score (nSPS) is 25.1. The van der Waals surface area contributed by atoms with Gasteiger partial charge in [0.05, 0.1) is 25.4 Å². The van der Waals surface area contributed by atoms with Crippen molar-refractivity contribution in [1.82, 2.24) is 0 Å². The average Bonchev–Trinajstić information content (AvgIpc) is 2.74. The number of ether oxygens (including phenoxy) is 2. The van der Waals surface area contributed by atoms with E-state index in [1.165, 1.54) is 5.56 Å². The van der Waals surface area contributed by atoms with Crippen LogP contribution in [0.15, 0.2) is 54.6 Å². The molecule has 27 heavy (non-hydrogen) atoms. The van der Waals surface area contributed by atoms with Gasteiger partial charge in [0.1, 0.15) is 11.9 Å². The van der Waals surface area contributed by atoms with Crippen molar-refractivity contribution < 1.29 is 18.8 Å². The summed E-state index contributed by atoms with van der Waals surface area (Å²) in [7, 11) is -0.326. The third-order valence-electron chi connectivity index (χ3n) is 5.27. The first-order valence-corrected chi connectivity index (χ1v) is 10.0. The van der Waals surface area contributed by atoms with E-state index < -0.39 is 0 Å². The van der Waals surface area contributed by atoms with Crippen LogP contribution in [0.5, 0.6) is 5.75 Å². The Kier molecular flexibility index (Phi) is 6.12. The summed E-state index contributed by atoms with van der Waals surface area (Å²) in [4.78, 5) is 0. The number of unbranched alkanes of at least 4 members (excludes halogenated alkanes) is 1. The molecule has 0 spiro atoms. The van der Waals surface area contributed by atoms with E-state index in [0.717, 1.165) is 43.5 Å². The quantitative estimate of drug-likeness (QED) is 0.574. The summed E-state index contributed by atoms with van der Waals surface area (Å²) in [6.45, 7) is 3.48. The van der Waals surface area contributed by atoms with Crippen LogP contribution in [0.2, 0.25) is 0 Å². The Balaban J connectivity index is 1.33. The van der Waals surface area contributed by atoms with E-state index >= 15 is 0 Å². The highest BCUT2D eigenvalue weighted by Crippen LogP contribution is 2.34. The highest BCUT2D eigenvalue weighted by molar-refractivity contribution is 6.61. The molecule has 0 aromatic heterocycles. The molecule has 4 nitrogen and oxygen atoms in total. The van der Waals surface area contributed by atoms with Crippen LogP contribution in [-0.2, 0) is 14.0 Å². The number of fused-ring (bicyclic) bond motifs is 1. The van der Waals surface area contributed by atoms with Gasteiger partial charge in [0.2, 0.25) is 0 Å². The molecule has 0 amide bonds. The Morgan fingerprint density at radius 1 is 1.00 bits per heavy atom. The van der Waals surface area contributed by atoms with Gasteiger partial charge in [0.15, 0.2) is 0 Å². The summed E-state index contributed by atoms with van der Waals surface area (Å²) in [5.41, 5.74) is 2.26. The zero-order chi connectivity index (χ0) is 18.5. The van der Waals surface area contributed by atoms with Crippen molar-refractivity contribution in [2.24, 2.45) is 0 Å². The molecule has 2 saturated heterocycles. The number of hydrogen-bond acceptors (Lipinski definition) is 4. The fraction of sp³-hybridized carbons (Fsp3) is 0.455. The van der Waals surface area contributed by atoms with Crippen LogP contribution >= 0.6 is 0 Å². The number of benzene rings is 2. The molecule has 3 atom stereocenters. The SMILES string of the molecule is CCCCOc1ccc(B2OC[C@H]3O[C@@H](c4ccccc4)CC[C@@H]3O2)cc1. The molecule has 0 bridgehead atoms. The minimum atomic E-state index is -0.326. The Labute approximate surface area is 161 Å². The van der Waals surface area contributed by atoms with Crippen LogP contribution in [0, 0.1) is 0 Å². The number of rotatable bonds is 6. The summed E-state index contributed by atoms with van der Waals surface area (Å²) >= 11 is 0. The van der Waals surface area contributed by atoms with Crippen molar-refractivity contribution in [3.05, 3.63) is 60.2 Å². The topological polar surface area (TPSA) is 36.9 Å². The molecule has 0 saturated carbocycles. The molecule has 2 aromatic carbocycles. The molecule has 4 rings (SSSR count). The monoisotopic (exact) mass is 366 g/mol. The van der Waals surface area contributed by atoms with E-state index in [9.17, 15) is 0 Å². The molecule has 0 N–H and O–H groups in total. The van der Waals surface area contributed by atoms with Gasteiger partial charge < -0.3 is 18.8 Å². The lowest BCUT2D eigenvalue weighted by molar-refractivity contribution is -0.150. The minimum absolute atomic E-state index is 0.00291. The van der Waals surface area contributed by atoms with Gasteiger partial charge in [-0.15, -0.1) is 0 Å². The Morgan fingerprint density at radius 3 is 2.59 bits per heavy atom. The third kappa shape index (κ3) is 4.54. The highest BCUT2D eigenvalue weighted by atomic mass is 16.6. The van der Waals surface area contributed by atoms with Gasteiger partial charge in [-0.1, -0.05) is 55.8 Å². The molecule has 0 aliphatic carbocycles. The van der Waals surface area contributed by atoms with Crippen LogP contribution in [0.25, 0.3) is 0 Å². The third-order valence-corrected chi connectivity index (χ3v) is 5.27. The summed E-state index contributed by atoms with van der Waals surface area (Å²) in [6, 6.07) is 18.5. The first-order chi connectivity index (χ1) is 13.3. The summed E-state index contributed by atoms with van der Waals surface area (Å²) in [5.74, 6) is 0.896. The number of hydrogen-bond donors (Lipinski definition) is 0. The lowest BCUT2D eigenvalue weighted by Crippen LogP contribution is -2.54. The van der Waals surface area contributed by atoms with E-state index in [1.54, 1.807) is 0 Å². The lowest BCUT2D eigenvalue weighted by Gasteiger charge is -2.41. The van der Waals surface area contributed by atoms with E-state index in [2.05, 4.69) is 31.2 Å². The molecule has 2 aromatic rings. The van der Waals surface area contributed by atoms with Gasteiger partial charge >= 0.3 is 7.12 Å². The van der Waals surface area contributed by atoms with Crippen LogP contribution in [0.3, 0.4) is 0 Å². The molecule has 0 radical (unpaired) electrons. The molecule has 142 valence electrons. The molecule has 2 fully saturated rings. The fourth-order valence-electron chi connectivity index (χ4n) is 3.69. The molecule has 2 heterocycles. The minimum Gasteiger partial charge on any atom is -0.494 e. The Bertz CT molecular complexity index is 706. The van der Waals surface area contributed by atoms with Gasteiger partial charge in [0.25, 0.3) is 0 Å². The van der Waals surface area contributed by atoms with Crippen molar-refractivity contribution in [3.8, 4) is 5.75 Å². The second-order valence-corrected chi connectivity index (χ2v) is 7.26.